The SMILES string of the molecule is CC(O)C(N)C(=O)NC(CC(=O)O)C(=O)NC(CC(N)=O)C(=O)NC(CO)C(=O)O. The lowest BCUT2D eigenvalue weighted by atomic mass is 10.1. The van der Waals surface area contributed by atoms with Gasteiger partial charge in [-0.25, -0.2) is 4.79 Å². The molecule has 4 amide bonds. The third-order valence-corrected chi connectivity index (χ3v) is 3.67. The van der Waals surface area contributed by atoms with E-state index >= 15 is 0 Å². The zero-order valence-corrected chi connectivity index (χ0v) is 15.9. The van der Waals surface area contributed by atoms with Gasteiger partial charge in [-0.3, -0.25) is 24.0 Å². The number of aliphatic carboxylic acids is 2. The fraction of sp³-hybridized carbons (Fsp3) is 0.600. The molecule has 5 unspecified atom stereocenters. The van der Waals surface area contributed by atoms with E-state index in [1.807, 2.05) is 16.0 Å². The Bertz CT molecular complexity index is 683. The molecule has 0 saturated heterocycles. The maximum atomic E-state index is 12.4. The normalized spacial score (nSPS) is 15.6. The van der Waals surface area contributed by atoms with Crippen molar-refractivity contribution in [3.05, 3.63) is 0 Å². The number of rotatable bonds is 13. The monoisotopic (exact) mass is 435 g/mol. The zero-order chi connectivity index (χ0) is 23.6. The van der Waals surface area contributed by atoms with E-state index in [4.69, 9.17) is 26.8 Å². The number of aliphatic hydroxyl groups is 2. The molecule has 0 aromatic rings. The lowest BCUT2D eigenvalue weighted by Crippen LogP contribution is -2.59. The summed E-state index contributed by atoms with van der Waals surface area (Å²) in [6.45, 7) is 0.191. The van der Waals surface area contributed by atoms with Gasteiger partial charge in [-0.05, 0) is 6.92 Å². The minimum atomic E-state index is -1.75. The van der Waals surface area contributed by atoms with Gasteiger partial charge in [-0.1, -0.05) is 0 Å². The molecule has 170 valence electrons. The lowest BCUT2D eigenvalue weighted by Gasteiger charge is -2.24. The first kappa shape index (κ1) is 26.7. The van der Waals surface area contributed by atoms with E-state index in [-0.39, 0.29) is 0 Å². The number of hydrogen-bond donors (Lipinski definition) is 9. The molecule has 0 heterocycles. The van der Waals surface area contributed by atoms with Gasteiger partial charge in [0.2, 0.25) is 23.6 Å². The summed E-state index contributed by atoms with van der Waals surface area (Å²) in [5, 5.41) is 41.9. The minimum Gasteiger partial charge on any atom is -0.481 e. The van der Waals surface area contributed by atoms with E-state index in [0.717, 1.165) is 0 Å². The van der Waals surface area contributed by atoms with Gasteiger partial charge < -0.3 is 47.8 Å². The molecule has 15 heteroatoms. The first-order valence-corrected chi connectivity index (χ1v) is 8.48. The van der Waals surface area contributed by atoms with Crippen molar-refractivity contribution in [1.29, 1.82) is 0 Å². The van der Waals surface area contributed by atoms with Crippen molar-refractivity contribution in [3.8, 4) is 0 Å². The predicted octanol–water partition coefficient (Wildman–Crippen LogP) is -5.42. The van der Waals surface area contributed by atoms with Crippen molar-refractivity contribution in [3.63, 3.8) is 0 Å². The number of aliphatic hydroxyl groups excluding tert-OH is 2. The molecule has 5 atom stereocenters. The lowest BCUT2D eigenvalue weighted by molar-refractivity contribution is -0.144. The van der Waals surface area contributed by atoms with E-state index in [1.54, 1.807) is 0 Å². The maximum absolute atomic E-state index is 12.4. The van der Waals surface area contributed by atoms with E-state index in [2.05, 4.69) is 0 Å². The van der Waals surface area contributed by atoms with Gasteiger partial charge in [0.05, 0.1) is 25.6 Å². The Balaban J connectivity index is 5.48. The molecule has 0 aromatic carbocycles. The smallest absolute Gasteiger partial charge is 0.328 e. The first-order chi connectivity index (χ1) is 13.8. The molecule has 0 aliphatic carbocycles. The second-order valence-corrected chi connectivity index (χ2v) is 6.24. The Hall–Kier alpha value is -3.30. The van der Waals surface area contributed by atoms with Crippen LogP contribution in [-0.2, 0) is 28.8 Å². The number of nitrogens with one attached hydrogen (secondary N) is 3. The van der Waals surface area contributed by atoms with Gasteiger partial charge in [-0.15, -0.1) is 0 Å². The molecule has 0 aliphatic rings. The summed E-state index contributed by atoms with van der Waals surface area (Å²) < 4.78 is 0. The molecule has 11 N–H and O–H groups in total. The molecule has 15 nitrogen and oxygen atoms in total. The van der Waals surface area contributed by atoms with Crippen LogP contribution in [0.25, 0.3) is 0 Å². The molecule has 0 saturated carbocycles. The average Bonchev–Trinajstić information content (AvgIpc) is 2.62. The third kappa shape index (κ3) is 9.26. The molecular formula is C15H25N5O10. The van der Waals surface area contributed by atoms with E-state index in [9.17, 15) is 33.9 Å². The highest BCUT2D eigenvalue weighted by atomic mass is 16.4. The van der Waals surface area contributed by atoms with Crippen LogP contribution < -0.4 is 27.4 Å². The Kier molecular flexibility index (Phi) is 10.9. The Labute approximate surface area is 169 Å². The largest absolute Gasteiger partial charge is 0.481 e. The molecule has 0 fully saturated rings. The fourth-order valence-electron chi connectivity index (χ4n) is 2.01. The van der Waals surface area contributed by atoms with Crippen LogP contribution in [0.5, 0.6) is 0 Å². The second kappa shape index (κ2) is 12.3. The van der Waals surface area contributed by atoms with Crippen LogP contribution in [-0.4, -0.2) is 92.9 Å². The zero-order valence-electron chi connectivity index (χ0n) is 15.9. The molecule has 30 heavy (non-hydrogen) atoms. The van der Waals surface area contributed by atoms with Crippen molar-refractivity contribution in [2.45, 2.75) is 50.0 Å². The first-order valence-electron chi connectivity index (χ1n) is 8.48. The molecule has 0 aromatic heterocycles. The van der Waals surface area contributed by atoms with Crippen LogP contribution in [0.3, 0.4) is 0 Å². The molecule has 0 bridgehead atoms. The van der Waals surface area contributed by atoms with Crippen molar-refractivity contribution in [2.24, 2.45) is 11.5 Å². The second-order valence-electron chi connectivity index (χ2n) is 6.24. The Morgan fingerprint density at radius 2 is 1.27 bits per heavy atom. The predicted molar refractivity (Wildman–Crippen MR) is 96.2 cm³/mol. The minimum absolute atomic E-state index is 0.795. The van der Waals surface area contributed by atoms with Crippen LogP contribution in [0.2, 0.25) is 0 Å². The number of amides is 4. The Morgan fingerprint density at radius 1 is 0.833 bits per heavy atom. The summed E-state index contributed by atoms with van der Waals surface area (Å²) in [5.41, 5.74) is 10.4. The highest BCUT2D eigenvalue weighted by Gasteiger charge is 2.32. The van der Waals surface area contributed by atoms with Gasteiger partial charge in [0, 0.05) is 0 Å². The summed E-state index contributed by atoms with van der Waals surface area (Å²) in [6.07, 6.45) is -3.06. The van der Waals surface area contributed by atoms with Crippen LogP contribution in [0.4, 0.5) is 0 Å². The molecule has 0 aliphatic heterocycles. The number of carboxylic acids is 2. The molecule has 0 spiro atoms. The number of hydrogen-bond acceptors (Lipinski definition) is 9. The number of carboxylic acid groups (broad SMARTS) is 2. The summed E-state index contributed by atoms with van der Waals surface area (Å²) >= 11 is 0. The summed E-state index contributed by atoms with van der Waals surface area (Å²) in [6, 6.07) is -6.72. The number of primary amides is 1. The van der Waals surface area contributed by atoms with Gasteiger partial charge in [-0.2, -0.15) is 0 Å². The van der Waals surface area contributed by atoms with Crippen LogP contribution in [0.15, 0.2) is 0 Å². The maximum Gasteiger partial charge on any atom is 0.328 e. The highest BCUT2D eigenvalue weighted by molar-refractivity contribution is 5.97. The van der Waals surface area contributed by atoms with Gasteiger partial charge >= 0.3 is 11.9 Å². The summed E-state index contributed by atoms with van der Waals surface area (Å²) in [5.74, 6) is -7.67. The average molecular weight is 435 g/mol. The van der Waals surface area contributed by atoms with Crippen molar-refractivity contribution in [1.82, 2.24) is 16.0 Å². The standard InChI is InChI=1S/C15H25N5O10/c1-5(22)11(17)14(28)19-7(3-10(24)25)13(27)18-6(2-9(16)23)12(26)20-8(4-21)15(29)30/h5-8,11,21-22H,2-4,17H2,1H3,(H2,16,23)(H,18,27)(H,19,28)(H,20,26)(H,24,25)(H,29,30). The van der Waals surface area contributed by atoms with E-state index in [1.165, 1.54) is 6.92 Å². The van der Waals surface area contributed by atoms with Gasteiger partial charge in [0.15, 0.2) is 0 Å². The molecule has 0 rings (SSSR count). The van der Waals surface area contributed by atoms with Gasteiger partial charge in [0.25, 0.3) is 0 Å². The van der Waals surface area contributed by atoms with Gasteiger partial charge in [0.1, 0.15) is 24.2 Å². The molecule has 0 radical (unpaired) electrons. The van der Waals surface area contributed by atoms with Crippen molar-refractivity contribution >= 4 is 35.6 Å². The number of carbonyl (C=O) groups excluding carboxylic acids is 4. The van der Waals surface area contributed by atoms with Crippen molar-refractivity contribution in [2.75, 3.05) is 6.61 Å². The Morgan fingerprint density at radius 3 is 1.63 bits per heavy atom. The quantitative estimate of drug-likeness (QED) is 0.132. The topological polar surface area (TPSA) is 271 Å². The van der Waals surface area contributed by atoms with Crippen molar-refractivity contribution < 1.29 is 49.2 Å². The summed E-state index contributed by atoms with van der Waals surface area (Å²) in [4.78, 5) is 69.6. The number of nitrogens with two attached hydrogens (primary N) is 2. The van der Waals surface area contributed by atoms with E-state index < -0.39 is 85.3 Å². The highest BCUT2D eigenvalue weighted by Crippen LogP contribution is 2.01. The molecular weight excluding hydrogens is 410 g/mol. The van der Waals surface area contributed by atoms with E-state index in [0.29, 0.717) is 0 Å². The fourth-order valence-corrected chi connectivity index (χ4v) is 2.01. The van der Waals surface area contributed by atoms with Crippen LogP contribution >= 0.6 is 0 Å². The summed E-state index contributed by atoms with van der Waals surface area (Å²) in [7, 11) is 0. The van der Waals surface area contributed by atoms with Crippen LogP contribution in [0, 0.1) is 0 Å². The third-order valence-electron chi connectivity index (χ3n) is 3.67. The van der Waals surface area contributed by atoms with Crippen LogP contribution in [0.1, 0.15) is 19.8 Å². The number of carbonyl (C=O) groups is 6.